The van der Waals surface area contributed by atoms with Gasteiger partial charge in [-0.1, -0.05) is 19.9 Å². The first kappa shape index (κ1) is 32.4. The molecule has 42 heavy (non-hydrogen) atoms. The second-order valence-electron chi connectivity index (χ2n) is 10.8. The highest BCUT2D eigenvalue weighted by Gasteiger charge is 2.28. The van der Waals surface area contributed by atoms with Crippen LogP contribution in [-0.2, 0) is 9.53 Å². The van der Waals surface area contributed by atoms with E-state index in [0.717, 1.165) is 4.90 Å². The highest BCUT2D eigenvalue weighted by atomic mass is 32.2. The molecule has 0 unspecified atom stereocenters. The number of carbonyl (C=O) groups excluding carboxylic acids is 2. The normalized spacial score (nSPS) is 12.0. The van der Waals surface area contributed by atoms with E-state index in [1.807, 2.05) is 38.1 Å². The molecule has 0 bridgehead atoms. The van der Waals surface area contributed by atoms with Crippen LogP contribution in [0.3, 0.4) is 0 Å². The lowest BCUT2D eigenvalue weighted by molar-refractivity contribution is -0.119. The van der Waals surface area contributed by atoms with Gasteiger partial charge in [0.2, 0.25) is 17.8 Å². The standard InChI is InChI=1S/C29H38FN7O4S/c1-18(2)16-23(24(31)38)37(15-14-32-28(39)41-29(3,4)5)26-34-25(33-20-9-7-8-19(30)17-20)35-27(36-26)42-22-12-10-21(40-6)11-13-22/h7-13,17-18,23H,14-16H2,1-6H3,(H2,31,38)(H,32,39)(H,33,34,35,36)/t23-/m0/s1. The lowest BCUT2D eigenvalue weighted by atomic mass is 10.0. The molecule has 4 N–H and O–H groups in total. The number of amides is 2. The number of alkyl carbamates (subject to hydrolysis) is 1. The fourth-order valence-electron chi connectivity index (χ4n) is 3.85. The Morgan fingerprint density at radius 2 is 1.81 bits per heavy atom. The molecule has 0 radical (unpaired) electrons. The summed E-state index contributed by atoms with van der Waals surface area (Å²) in [5.74, 6) is 0.123. The van der Waals surface area contributed by atoms with Crippen LogP contribution in [0, 0.1) is 11.7 Å². The molecular weight excluding hydrogens is 561 g/mol. The van der Waals surface area contributed by atoms with Crippen molar-refractivity contribution in [1.29, 1.82) is 0 Å². The van der Waals surface area contributed by atoms with Crippen molar-refractivity contribution < 1.29 is 23.5 Å². The number of rotatable bonds is 13. The van der Waals surface area contributed by atoms with Gasteiger partial charge >= 0.3 is 6.09 Å². The Labute approximate surface area is 249 Å². The molecule has 11 nitrogen and oxygen atoms in total. The van der Waals surface area contributed by atoms with Crippen molar-refractivity contribution in [3.8, 4) is 5.75 Å². The topological polar surface area (TPSA) is 145 Å². The monoisotopic (exact) mass is 599 g/mol. The molecule has 3 aromatic rings. The molecular formula is C29H38FN7O4S. The molecule has 0 saturated carbocycles. The van der Waals surface area contributed by atoms with Crippen LogP contribution in [0.2, 0.25) is 0 Å². The van der Waals surface area contributed by atoms with Gasteiger partial charge in [-0.15, -0.1) is 0 Å². The first-order valence-corrected chi connectivity index (χ1v) is 14.3. The molecule has 0 aliphatic carbocycles. The highest BCUT2D eigenvalue weighted by Crippen LogP contribution is 2.30. The van der Waals surface area contributed by atoms with Crippen LogP contribution in [0.15, 0.2) is 58.6 Å². The van der Waals surface area contributed by atoms with Crippen molar-refractivity contribution in [3.63, 3.8) is 0 Å². The Morgan fingerprint density at radius 3 is 2.40 bits per heavy atom. The quantitative estimate of drug-likeness (QED) is 0.241. The van der Waals surface area contributed by atoms with Gasteiger partial charge in [-0.05, 0) is 87.3 Å². The Morgan fingerprint density at radius 1 is 1.10 bits per heavy atom. The maximum Gasteiger partial charge on any atom is 0.407 e. The summed E-state index contributed by atoms with van der Waals surface area (Å²) in [5, 5.41) is 6.06. The summed E-state index contributed by atoms with van der Waals surface area (Å²) < 4.78 is 24.5. The molecule has 2 amide bonds. The zero-order chi connectivity index (χ0) is 30.9. The minimum atomic E-state index is -0.784. The number of ether oxygens (including phenoxy) is 2. The molecule has 1 aromatic heterocycles. The molecule has 0 spiro atoms. The van der Waals surface area contributed by atoms with E-state index in [1.54, 1.807) is 44.9 Å². The Kier molecular flexibility index (Phi) is 11.3. The van der Waals surface area contributed by atoms with E-state index in [-0.39, 0.29) is 30.9 Å². The molecule has 1 atom stereocenters. The van der Waals surface area contributed by atoms with E-state index in [9.17, 15) is 14.0 Å². The molecule has 0 aliphatic rings. The number of halogens is 1. The predicted octanol–water partition coefficient (Wildman–Crippen LogP) is 5.15. The number of nitrogens with one attached hydrogen (secondary N) is 2. The molecule has 3 rings (SSSR count). The third-order valence-electron chi connectivity index (χ3n) is 5.63. The van der Waals surface area contributed by atoms with Crippen molar-refractivity contribution in [3.05, 3.63) is 54.3 Å². The van der Waals surface area contributed by atoms with E-state index < -0.39 is 29.5 Å². The Balaban J connectivity index is 2.01. The second kappa shape index (κ2) is 14.7. The smallest absolute Gasteiger partial charge is 0.407 e. The zero-order valence-corrected chi connectivity index (χ0v) is 25.5. The van der Waals surface area contributed by atoms with Gasteiger partial charge in [0, 0.05) is 23.7 Å². The van der Waals surface area contributed by atoms with Crippen LogP contribution in [0.5, 0.6) is 5.75 Å². The number of carbonyl (C=O) groups is 2. The van der Waals surface area contributed by atoms with Crippen LogP contribution in [0.4, 0.5) is 26.8 Å². The molecule has 1 heterocycles. The summed E-state index contributed by atoms with van der Waals surface area (Å²) in [7, 11) is 1.59. The molecule has 0 saturated heterocycles. The van der Waals surface area contributed by atoms with Crippen LogP contribution in [-0.4, -0.2) is 58.8 Å². The minimum Gasteiger partial charge on any atom is -0.497 e. The summed E-state index contributed by atoms with van der Waals surface area (Å²) in [6.45, 7) is 9.52. The van der Waals surface area contributed by atoms with Crippen LogP contribution in [0.25, 0.3) is 0 Å². The number of anilines is 3. The number of methoxy groups -OCH3 is 1. The van der Waals surface area contributed by atoms with Crippen LogP contribution < -0.4 is 26.0 Å². The third kappa shape index (κ3) is 10.4. The van der Waals surface area contributed by atoms with Gasteiger partial charge in [-0.3, -0.25) is 4.79 Å². The van der Waals surface area contributed by atoms with Crippen LogP contribution >= 0.6 is 11.8 Å². The van der Waals surface area contributed by atoms with Gasteiger partial charge in [0.05, 0.1) is 7.11 Å². The maximum atomic E-state index is 13.9. The fourth-order valence-corrected chi connectivity index (χ4v) is 4.59. The molecule has 226 valence electrons. The SMILES string of the molecule is COc1ccc(Sc2nc(Nc3cccc(F)c3)nc(N(CCNC(=O)OC(C)(C)C)[C@@H](CC(C)C)C(N)=O)n2)cc1. The summed E-state index contributed by atoms with van der Waals surface area (Å²) in [6, 6.07) is 12.5. The van der Waals surface area contributed by atoms with Crippen molar-refractivity contribution in [2.24, 2.45) is 11.7 Å². The lowest BCUT2D eigenvalue weighted by Gasteiger charge is -2.31. The second-order valence-corrected chi connectivity index (χ2v) is 11.9. The van der Waals surface area contributed by atoms with E-state index in [2.05, 4.69) is 25.6 Å². The molecule has 0 fully saturated rings. The average Bonchev–Trinajstić information content (AvgIpc) is 2.89. The first-order chi connectivity index (χ1) is 19.8. The number of nitrogens with two attached hydrogens (primary N) is 1. The molecule has 2 aromatic carbocycles. The summed E-state index contributed by atoms with van der Waals surface area (Å²) >= 11 is 1.27. The summed E-state index contributed by atoms with van der Waals surface area (Å²) in [4.78, 5) is 41.3. The Bertz CT molecular complexity index is 1350. The summed E-state index contributed by atoms with van der Waals surface area (Å²) in [5.41, 5.74) is 5.63. The zero-order valence-electron chi connectivity index (χ0n) is 24.7. The highest BCUT2D eigenvalue weighted by molar-refractivity contribution is 7.99. The number of aromatic nitrogens is 3. The van der Waals surface area contributed by atoms with Gasteiger partial charge in [-0.25, -0.2) is 9.18 Å². The number of nitrogens with zero attached hydrogens (tertiary/aromatic N) is 4. The average molecular weight is 600 g/mol. The third-order valence-corrected chi connectivity index (χ3v) is 6.50. The van der Waals surface area contributed by atoms with Gasteiger partial charge < -0.3 is 30.7 Å². The molecule has 13 heteroatoms. The van der Waals surface area contributed by atoms with Gasteiger partial charge in [0.1, 0.15) is 23.2 Å². The summed E-state index contributed by atoms with van der Waals surface area (Å²) in [6.07, 6.45) is -0.178. The van der Waals surface area contributed by atoms with Crippen LogP contribution in [0.1, 0.15) is 41.0 Å². The number of hydrogen-bond donors (Lipinski definition) is 3. The predicted molar refractivity (Wildman–Crippen MR) is 161 cm³/mol. The Hall–Kier alpha value is -4.13. The first-order valence-electron chi connectivity index (χ1n) is 13.5. The van der Waals surface area contributed by atoms with Crippen molar-refractivity contribution in [2.75, 3.05) is 30.4 Å². The van der Waals surface area contributed by atoms with Crippen molar-refractivity contribution in [1.82, 2.24) is 20.3 Å². The maximum absolute atomic E-state index is 13.9. The van der Waals surface area contributed by atoms with E-state index >= 15 is 0 Å². The number of benzene rings is 2. The van der Waals surface area contributed by atoms with E-state index in [4.69, 9.17) is 15.2 Å². The minimum absolute atomic E-state index is 0.115. The van der Waals surface area contributed by atoms with Crippen molar-refractivity contribution in [2.45, 2.75) is 62.7 Å². The molecule has 0 aliphatic heterocycles. The number of hydrogen-bond acceptors (Lipinski definition) is 10. The van der Waals surface area contributed by atoms with E-state index in [1.165, 1.54) is 23.9 Å². The van der Waals surface area contributed by atoms with Gasteiger partial charge in [0.15, 0.2) is 5.16 Å². The van der Waals surface area contributed by atoms with Gasteiger partial charge in [0.25, 0.3) is 0 Å². The van der Waals surface area contributed by atoms with E-state index in [0.29, 0.717) is 23.0 Å². The van der Waals surface area contributed by atoms with Crippen molar-refractivity contribution >= 4 is 41.3 Å². The largest absolute Gasteiger partial charge is 0.497 e. The lowest BCUT2D eigenvalue weighted by Crippen LogP contribution is -2.49. The fraction of sp³-hybridized carbons (Fsp3) is 0.414. The number of primary amides is 1. The van der Waals surface area contributed by atoms with Gasteiger partial charge in [-0.2, -0.15) is 15.0 Å².